The molecular formula is C18H29N3O3. The van der Waals surface area contributed by atoms with Crippen LogP contribution in [0.25, 0.3) is 0 Å². The topological polar surface area (TPSA) is 84.3 Å². The highest BCUT2D eigenvalue weighted by atomic mass is 16.6. The number of nitrogens with one attached hydrogen (secondary N) is 2. The number of benzene rings is 1. The SMILES string of the molecule is CC(C)(C)CC(C)(C)C(=O)NCCNCc1ccc([N+](=O)[O-])cc1. The van der Waals surface area contributed by atoms with E-state index in [0.717, 1.165) is 12.0 Å². The lowest BCUT2D eigenvalue weighted by atomic mass is 9.76. The van der Waals surface area contributed by atoms with E-state index in [2.05, 4.69) is 31.4 Å². The summed E-state index contributed by atoms with van der Waals surface area (Å²) in [6.45, 7) is 12.2. The van der Waals surface area contributed by atoms with Crippen molar-refractivity contribution in [2.75, 3.05) is 13.1 Å². The number of hydrogen-bond acceptors (Lipinski definition) is 4. The lowest BCUT2D eigenvalue weighted by Gasteiger charge is -2.31. The van der Waals surface area contributed by atoms with E-state index in [1.54, 1.807) is 12.1 Å². The predicted molar refractivity (Wildman–Crippen MR) is 95.7 cm³/mol. The Morgan fingerprint density at radius 3 is 2.17 bits per heavy atom. The highest BCUT2D eigenvalue weighted by molar-refractivity contribution is 5.81. The fourth-order valence-corrected chi connectivity index (χ4v) is 2.88. The molecule has 0 atom stereocenters. The van der Waals surface area contributed by atoms with Crippen molar-refractivity contribution in [1.82, 2.24) is 10.6 Å². The molecule has 134 valence electrons. The molecule has 0 fully saturated rings. The normalized spacial score (nSPS) is 12.0. The van der Waals surface area contributed by atoms with E-state index in [4.69, 9.17) is 0 Å². The van der Waals surface area contributed by atoms with Gasteiger partial charge in [-0.3, -0.25) is 14.9 Å². The van der Waals surface area contributed by atoms with Crippen LogP contribution < -0.4 is 10.6 Å². The zero-order chi connectivity index (χ0) is 18.4. The summed E-state index contributed by atoms with van der Waals surface area (Å²) >= 11 is 0. The summed E-state index contributed by atoms with van der Waals surface area (Å²) < 4.78 is 0. The Balaban J connectivity index is 2.30. The number of nitrogens with zero attached hydrogens (tertiary/aromatic N) is 1. The molecule has 0 bridgehead atoms. The van der Waals surface area contributed by atoms with E-state index in [1.807, 2.05) is 13.8 Å². The number of nitro groups is 1. The molecule has 0 aromatic heterocycles. The summed E-state index contributed by atoms with van der Waals surface area (Å²) in [7, 11) is 0. The van der Waals surface area contributed by atoms with Gasteiger partial charge in [0.1, 0.15) is 0 Å². The van der Waals surface area contributed by atoms with Gasteiger partial charge in [-0.2, -0.15) is 0 Å². The van der Waals surface area contributed by atoms with Crippen molar-refractivity contribution < 1.29 is 9.72 Å². The number of nitro benzene ring substituents is 1. The molecule has 0 saturated carbocycles. The van der Waals surface area contributed by atoms with Crippen LogP contribution in [0.5, 0.6) is 0 Å². The standard InChI is InChI=1S/C18H29N3O3/c1-17(2,3)13-18(4,5)16(22)20-11-10-19-12-14-6-8-15(9-7-14)21(23)24/h6-9,19H,10-13H2,1-5H3,(H,20,22). The fourth-order valence-electron chi connectivity index (χ4n) is 2.88. The molecule has 1 amide bonds. The first-order chi connectivity index (χ1) is 11.0. The molecule has 0 radical (unpaired) electrons. The average molecular weight is 335 g/mol. The van der Waals surface area contributed by atoms with Crippen molar-refractivity contribution in [2.45, 2.75) is 47.6 Å². The van der Waals surface area contributed by atoms with E-state index in [-0.39, 0.29) is 17.0 Å². The van der Waals surface area contributed by atoms with Gasteiger partial charge in [-0.1, -0.05) is 46.8 Å². The molecule has 6 heteroatoms. The van der Waals surface area contributed by atoms with Gasteiger partial charge in [-0.15, -0.1) is 0 Å². The van der Waals surface area contributed by atoms with Crippen molar-refractivity contribution in [2.24, 2.45) is 10.8 Å². The van der Waals surface area contributed by atoms with Gasteiger partial charge in [0.15, 0.2) is 0 Å². The Bertz CT molecular complexity index is 560. The first kappa shape index (κ1) is 20.1. The number of carbonyl (C=O) groups is 1. The lowest BCUT2D eigenvalue weighted by molar-refractivity contribution is -0.384. The van der Waals surface area contributed by atoms with E-state index >= 15 is 0 Å². The van der Waals surface area contributed by atoms with Gasteiger partial charge in [-0.05, 0) is 17.4 Å². The molecule has 0 unspecified atom stereocenters. The van der Waals surface area contributed by atoms with Gasteiger partial charge >= 0.3 is 0 Å². The van der Waals surface area contributed by atoms with Crippen molar-refractivity contribution in [3.8, 4) is 0 Å². The fraction of sp³-hybridized carbons (Fsp3) is 0.611. The second-order valence-electron chi connectivity index (χ2n) is 7.98. The van der Waals surface area contributed by atoms with Crippen molar-refractivity contribution in [3.63, 3.8) is 0 Å². The van der Waals surface area contributed by atoms with Crippen LogP contribution in [0.2, 0.25) is 0 Å². The minimum Gasteiger partial charge on any atom is -0.354 e. The van der Waals surface area contributed by atoms with E-state index < -0.39 is 10.3 Å². The Kier molecular flexibility index (Phi) is 6.90. The molecule has 6 nitrogen and oxygen atoms in total. The van der Waals surface area contributed by atoms with Gasteiger partial charge in [-0.25, -0.2) is 0 Å². The molecule has 24 heavy (non-hydrogen) atoms. The van der Waals surface area contributed by atoms with Crippen LogP contribution >= 0.6 is 0 Å². The van der Waals surface area contributed by atoms with Crippen LogP contribution in [0, 0.1) is 20.9 Å². The highest BCUT2D eigenvalue weighted by Gasteiger charge is 2.32. The van der Waals surface area contributed by atoms with Crippen molar-refractivity contribution >= 4 is 11.6 Å². The van der Waals surface area contributed by atoms with Crippen LogP contribution in [0.4, 0.5) is 5.69 Å². The Morgan fingerprint density at radius 2 is 1.67 bits per heavy atom. The van der Waals surface area contributed by atoms with Crippen molar-refractivity contribution in [3.05, 3.63) is 39.9 Å². The second kappa shape index (κ2) is 8.24. The predicted octanol–water partition coefficient (Wildman–Crippen LogP) is 3.26. The van der Waals surface area contributed by atoms with Crippen LogP contribution in [0.1, 0.15) is 46.6 Å². The monoisotopic (exact) mass is 335 g/mol. The quantitative estimate of drug-likeness (QED) is 0.434. The molecule has 0 aliphatic carbocycles. The van der Waals surface area contributed by atoms with Gasteiger partial charge in [0.05, 0.1) is 4.92 Å². The third-order valence-corrected chi connectivity index (χ3v) is 3.65. The van der Waals surface area contributed by atoms with Gasteiger partial charge in [0.25, 0.3) is 5.69 Å². The highest BCUT2D eigenvalue weighted by Crippen LogP contribution is 2.33. The summed E-state index contributed by atoms with van der Waals surface area (Å²) in [6, 6.07) is 6.45. The smallest absolute Gasteiger partial charge is 0.269 e. The molecule has 0 heterocycles. The minimum atomic E-state index is -0.411. The molecule has 0 saturated heterocycles. The molecule has 0 spiro atoms. The molecular weight excluding hydrogens is 306 g/mol. The second-order valence-corrected chi connectivity index (χ2v) is 7.98. The first-order valence-electron chi connectivity index (χ1n) is 8.24. The first-order valence-corrected chi connectivity index (χ1v) is 8.24. The number of hydrogen-bond donors (Lipinski definition) is 2. The third kappa shape index (κ3) is 7.08. The molecule has 1 aromatic carbocycles. The largest absolute Gasteiger partial charge is 0.354 e. The third-order valence-electron chi connectivity index (χ3n) is 3.65. The number of carbonyl (C=O) groups excluding carboxylic acids is 1. The zero-order valence-corrected chi connectivity index (χ0v) is 15.3. The van der Waals surface area contributed by atoms with Crippen LogP contribution in [-0.4, -0.2) is 23.9 Å². The Hall–Kier alpha value is -1.95. The maximum atomic E-state index is 12.3. The summed E-state index contributed by atoms with van der Waals surface area (Å²) in [5.74, 6) is 0.0644. The van der Waals surface area contributed by atoms with E-state index in [0.29, 0.717) is 19.6 Å². The summed E-state index contributed by atoms with van der Waals surface area (Å²) in [5, 5.41) is 16.8. The van der Waals surface area contributed by atoms with E-state index in [1.165, 1.54) is 12.1 Å². The maximum Gasteiger partial charge on any atom is 0.269 e. The van der Waals surface area contributed by atoms with Gasteiger partial charge in [0.2, 0.25) is 5.91 Å². The molecule has 1 aromatic rings. The van der Waals surface area contributed by atoms with Gasteiger partial charge in [0, 0.05) is 37.2 Å². The summed E-state index contributed by atoms with van der Waals surface area (Å²) in [5.41, 5.74) is 0.776. The van der Waals surface area contributed by atoms with Gasteiger partial charge < -0.3 is 10.6 Å². The molecule has 2 N–H and O–H groups in total. The minimum absolute atomic E-state index is 0.0644. The summed E-state index contributed by atoms with van der Waals surface area (Å²) in [6.07, 6.45) is 0.821. The van der Waals surface area contributed by atoms with E-state index in [9.17, 15) is 14.9 Å². The molecule has 0 aliphatic rings. The number of amides is 1. The Labute approximate surface area is 144 Å². The number of non-ortho nitro benzene ring substituents is 1. The van der Waals surface area contributed by atoms with Crippen LogP contribution in [0.15, 0.2) is 24.3 Å². The summed E-state index contributed by atoms with van der Waals surface area (Å²) in [4.78, 5) is 22.5. The molecule has 1 rings (SSSR count). The van der Waals surface area contributed by atoms with Crippen LogP contribution in [0.3, 0.4) is 0 Å². The van der Waals surface area contributed by atoms with Crippen LogP contribution in [-0.2, 0) is 11.3 Å². The van der Waals surface area contributed by atoms with Crippen molar-refractivity contribution in [1.29, 1.82) is 0 Å². The maximum absolute atomic E-state index is 12.3. The Morgan fingerprint density at radius 1 is 1.08 bits per heavy atom. The zero-order valence-electron chi connectivity index (χ0n) is 15.3. The number of rotatable bonds is 8. The average Bonchev–Trinajstić information content (AvgIpc) is 2.44. The lowest BCUT2D eigenvalue weighted by Crippen LogP contribution is -2.41. The molecule has 0 aliphatic heterocycles.